The van der Waals surface area contributed by atoms with Gasteiger partial charge in [-0.3, -0.25) is 9.69 Å². The van der Waals surface area contributed by atoms with Gasteiger partial charge in [0.1, 0.15) is 17.3 Å². The number of nitrogens with zero attached hydrogens (tertiary/aromatic N) is 3. The van der Waals surface area contributed by atoms with Gasteiger partial charge in [0.2, 0.25) is 0 Å². The molecule has 4 rings (SSSR count). The van der Waals surface area contributed by atoms with Gasteiger partial charge in [0.25, 0.3) is 0 Å². The first-order valence-corrected chi connectivity index (χ1v) is 11.0. The molecule has 2 aromatic carbocycles. The van der Waals surface area contributed by atoms with E-state index in [1.54, 1.807) is 30.0 Å². The SMILES string of the molecule is CCOC(=O)C1CCCN(Cc2cn(-c3ccccc3F)nc2-c2ccc(OC)cc2)C1. The van der Waals surface area contributed by atoms with E-state index in [0.29, 0.717) is 25.4 Å². The van der Waals surface area contributed by atoms with Crippen LogP contribution in [-0.2, 0) is 16.1 Å². The van der Waals surface area contributed by atoms with Crippen LogP contribution in [-0.4, -0.2) is 47.5 Å². The number of carbonyl (C=O) groups is 1. The Morgan fingerprint density at radius 3 is 2.69 bits per heavy atom. The van der Waals surface area contributed by atoms with E-state index in [1.807, 2.05) is 37.4 Å². The zero-order chi connectivity index (χ0) is 22.5. The van der Waals surface area contributed by atoms with Crippen LogP contribution in [0.4, 0.5) is 4.39 Å². The highest BCUT2D eigenvalue weighted by molar-refractivity contribution is 5.72. The van der Waals surface area contributed by atoms with E-state index < -0.39 is 0 Å². The zero-order valence-corrected chi connectivity index (χ0v) is 18.5. The van der Waals surface area contributed by atoms with E-state index in [9.17, 15) is 9.18 Å². The minimum atomic E-state index is -0.330. The van der Waals surface area contributed by atoms with Gasteiger partial charge in [-0.05, 0) is 62.7 Å². The third-order valence-electron chi connectivity index (χ3n) is 5.77. The van der Waals surface area contributed by atoms with Gasteiger partial charge in [-0.1, -0.05) is 12.1 Å². The summed E-state index contributed by atoms with van der Waals surface area (Å²) in [5.41, 5.74) is 3.09. The van der Waals surface area contributed by atoms with Crippen molar-refractivity contribution in [1.82, 2.24) is 14.7 Å². The lowest BCUT2D eigenvalue weighted by atomic mass is 9.97. The molecule has 1 aliphatic rings. The van der Waals surface area contributed by atoms with Crippen molar-refractivity contribution in [2.75, 3.05) is 26.8 Å². The minimum absolute atomic E-state index is 0.116. The van der Waals surface area contributed by atoms with Crippen LogP contribution in [0.15, 0.2) is 54.7 Å². The molecule has 0 radical (unpaired) electrons. The number of ether oxygens (including phenoxy) is 2. The van der Waals surface area contributed by atoms with Crippen molar-refractivity contribution in [3.8, 4) is 22.7 Å². The molecule has 0 amide bonds. The van der Waals surface area contributed by atoms with E-state index >= 15 is 0 Å². The summed E-state index contributed by atoms with van der Waals surface area (Å²) in [5, 5.41) is 4.73. The van der Waals surface area contributed by atoms with Crippen LogP contribution in [0.1, 0.15) is 25.3 Å². The number of esters is 1. The average Bonchev–Trinajstić information content (AvgIpc) is 3.23. The molecule has 7 heteroatoms. The first-order chi connectivity index (χ1) is 15.6. The molecule has 32 heavy (non-hydrogen) atoms. The van der Waals surface area contributed by atoms with Crippen molar-refractivity contribution >= 4 is 5.97 Å². The van der Waals surface area contributed by atoms with Crippen LogP contribution in [0.25, 0.3) is 16.9 Å². The Labute approximate surface area is 187 Å². The molecule has 0 N–H and O–H groups in total. The second-order valence-corrected chi connectivity index (χ2v) is 7.95. The Morgan fingerprint density at radius 1 is 1.19 bits per heavy atom. The molecule has 1 fully saturated rings. The predicted octanol–water partition coefficient (Wildman–Crippen LogP) is 4.46. The summed E-state index contributed by atoms with van der Waals surface area (Å²) in [6.07, 6.45) is 3.66. The maximum absolute atomic E-state index is 14.4. The fourth-order valence-corrected chi connectivity index (χ4v) is 4.17. The topological polar surface area (TPSA) is 56.6 Å². The van der Waals surface area contributed by atoms with Crippen molar-refractivity contribution in [1.29, 1.82) is 0 Å². The Balaban J connectivity index is 1.65. The average molecular weight is 438 g/mol. The number of hydrogen-bond donors (Lipinski definition) is 0. The second-order valence-electron chi connectivity index (χ2n) is 7.95. The number of benzene rings is 2. The quantitative estimate of drug-likeness (QED) is 0.511. The summed E-state index contributed by atoms with van der Waals surface area (Å²) in [5.74, 6) is 0.185. The predicted molar refractivity (Wildman–Crippen MR) is 120 cm³/mol. The van der Waals surface area contributed by atoms with Crippen molar-refractivity contribution in [2.24, 2.45) is 5.92 Å². The molecule has 1 unspecified atom stereocenters. The maximum atomic E-state index is 14.4. The normalized spacial score (nSPS) is 16.7. The highest BCUT2D eigenvalue weighted by Crippen LogP contribution is 2.29. The summed E-state index contributed by atoms with van der Waals surface area (Å²) in [4.78, 5) is 14.5. The van der Waals surface area contributed by atoms with Crippen LogP contribution in [0.2, 0.25) is 0 Å². The lowest BCUT2D eigenvalue weighted by Crippen LogP contribution is -2.38. The Kier molecular flexibility index (Phi) is 6.85. The zero-order valence-electron chi connectivity index (χ0n) is 18.5. The number of piperidine rings is 1. The van der Waals surface area contributed by atoms with Crippen molar-refractivity contribution in [3.05, 3.63) is 66.1 Å². The number of likely N-dealkylation sites (tertiary alicyclic amines) is 1. The minimum Gasteiger partial charge on any atom is -0.497 e. The summed E-state index contributed by atoms with van der Waals surface area (Å²) >= 11 is 0. The number of hydrogen-bond acceptors (Lipinski definition) is 5. The highest BCUT2D eigenvalue weighted by atomic mass is 19.1. The van der Waals surface area contributed by atoms with Gasteiger partial charge in [0, 0.05) is 30.4 Å². The smallest absolute Gasteiger partial charge is 0.310 e. The van der Waals surface area contributed by atoms with Crippen LogP contribution >= 0.6 is 0 Å². The molecule has 0 bridgehead atoms. The molecular formula is C25H28FN3O3. The molecule has 1 aromatic heterocycles. The van der Waals surface area contributed by atoms with E-state index in [2.05, 4.69) is 4.90 Å². The molecule has 0 aliphatic carbocycles. The van der Waals surface area contributed by atoms with Gasteiger partial charge in [-0.25, -0.2) is 9.07 Å². The molecule has 0 saturated carbocycles. The number of para-hydroxylation sites is 1. The first-order valence-electron chi connectivity index (χ1n) is 11.0. The fourth-order valence-electron chi connectivity index (χ4n) is 4.17. The molecule has 168 valence electrons. The van der Waals surface area contributed by atoms with Crippen molar-refractivity contribution in [3.63, 3.8) is 0 Å². The monoisotopic (exact) mass is 437 g/mol. The van der Waals surface area contributed by atoms with Gasteiger partial charge < -0.3 is 9.47 Å². The molecular weight excluding hydrogens is 409 g/mol. The molecule has 1 saturated heterocycles. The Morgan fingerprint density at radius 2 is 1.97 bits per heavy atom. The largest absolute Gasteiger partial charge is 0.497 e. The van der Waals surface area contributed by atoms with Gasteiger partial charge in [0.05, 0.1) is 25.3 Å². The van der Waals surface area contributed by atoms with E-state index in [4.69, 9.17) is 14.6 Å². The maximum Gasteiger partial charge on any atom is 0.310 e. The summed E-state index contributed by atoms with van der Waals surface area (Å²) < 4.78 is 26.6. The fraction of sp³-hybridized carbons (Fsp3) is 0.360. The van der Waals surface area contributed by atoms with Crippen LogP contribution in [0.3, 0.4) is 0 Å². The number of halogens is 1. The Hall–Kier alpha value is -3.19. The lowest BCUT2D eigenvalue weighted by Gasteiger charge is -2.31. The number of rotatable bonds is 7. The molecule has 3 aromatic rings. The first kappa shape index (κ1) is 22.0. The van der Waals surface area contributed by atoms with Crippen LogP contribution < -0.4 is 4.74 Å². The summed E-state index contributed by atoms with van der Waals surface area (Å²) in [6, 6.07) is 14.3. The van der Waals surface area contributed by atoms with Crippen molar-refractivity contribution in [2.45, 2.75) is 26.3 Å². The summed E-state index contributed by atoms with van der Waals surface area (Å²) in [6.45, 7) is 4.38. The number of carbonyl (C=O) groups excluding carboxylic acids is 1. The van der Waals surface area contributed by atoms with Crippen LogP contribution in [0.5, 0.6) is 5.75 Å². The van der Waals surface area contributed by atoms with E-state index in [-0.39, 0.29) is 17.7 Å². The molecule has 6 nitrogen and oxygen atoms in total. The Bertz CT molecular complexity index is 1060. The number of aromatic nitrogens is 2. The molecule has 1 atom stereocenters. The van der Waals surface area contributed by atoms with E-state index in [0.717, 1.165) is 42.0 Å². The standard InChI is InChI=1S/C25H28FN3O3/c1-3-32-25(30)19-7-6-14-28(15-19)16-20-17-29(23-9-5-4-8-22(23)26)27-24(20)18-10-12-21(31-2)13-11-18/h4-5,8-13,17,19H,3,6-7,14-16H2,1-2H3. The summed E-state index contributed by atoms with van der Waals surface area (Å²) in [7, 11) is 1.63. The third-order valence-corrected chi connectivity index (χ3v) is 5.77. The second kappa shape index (κ2) is 9.96. The van der Waals surface area contributed by atoms with Gasteiger partial charge in [-0.2, -0.15) is 5.10 Å². The van der Waals surface area contributed by atoms with Gasteiger partial charge >= 0.3 is 5.97 Å². The van der Waals surface area contributed by atoms with Crippen molar-refractivity contribution < 1.29 is 18.7 Å². The van der Waals surface area contributed by atoms with E-state index in [1.165, 1.54) is 6.07 Å². The molecule has 2 heterocycles. The highest BCUT2D eigenvalue weighted by Gasteiger charge is 2.28. The van der Waals surface area contributed by atoms with Crippen LogP contribution in [0, 0.1) is 11.7 Å². The third kappa shape index (κ3) is 4.83. The van der Waals surface area contributed by atoms with Gasteiger partial charge in [-0.15, -0.1) is 0 Å². The molecule has 0 spiro atoms. The van der Waals surface area contributed by atoms with Gasteiger partial charge in [0.15, 0.2) is 0 Å². The lowest BCUT2D eigenvalue weighted by molar-refractivity contribution is -0.150. The molecule has 1 aliphatic heterocycles. The number of methoxy groups -OCH3 is 1.